The number of rotatable bonds is 73. The van der Waals surface area contributed by atoms with Crippen LogP contribution < -0.4 is 0 Å². The molecule has 0 saturated heterocycles. The zero-order chi connectivity index (χ0) is 61.1. The average Bonchev–Trinajstić information content (AvgIpc) is 3.97. The van der Waals surface area contributed by atoms with E-state index in [1.165, 1.54) is 0 Å². The quantitative estimate of drug-likeness (QED) is 0.0475. The SMILES string of the molecule is C=CC(=O)OCCOCCOCCOCCOCCOCCN1C(OCCCOCCOCCOCCOC)=C(OCCCOCCOCCOCCOC)N(CCOCCOCCOCCOC)C1COCCOCCOCCOCCOC. The van der Waals surface area contributed by atoms with Gasteiger partial charge in [0.1, 0.15) is 12.8 Å². The second-order valence-electron chi connectivity index (χ2n) is 17.7. The van der Waals surface area contributed by atoms with Crippen LogP contribution in [0.2, 0.25) is 0 Å². The molecule has 1 heterocycles. The van der Waals surface area contributed by atoms with Crippen molar-refractivity contribution >= 4 is 5.97 Å². The number of carbonyl (C=O) groups is 1. The zero-order valence-corrected chi connectivity index (χ0v) is 52.1. The van der Waals surface area contributed by atoms with Crippen LogP contribution in [-0.4, -0.2) is 348 Å². The molecule has 0 radical (unpaired) electrons. The summed E-state index contributed by atoms with van der Waals surface area (Å²) in [5, 5.41) is 0. The molecule has 28 nitrogen and oxygen atoms in total. The van der Waals surface area contributed by atoms with E-state index in [0.29, 0.717) is 302 Å². The van der Waals surface area contributed by atoms with Crippen molar-refractivity contribution in [1.29, 1.82) is 0 Å². The summed E-state index contributed by atoms with van der Waals surface area (Å²) in [5.74, 6) is 0.611. The van der Waals surface area contributed by atoms with Crippen LogP contribution in [0.1, 0.15) is 12.8 Å². The molecule has 0 bridgehead atoms. The Kier molecular flexibility index (Phi) is 63.5. The first-order valence-electron chi connectivity index (χ1n) is 29.8. The molecule has 0 N–H and O–H groups in total. The molecule has 1 aliphatic heterocycles. The van der Waals surface area contributed by atoms with Crippen molar-refractivity contribution in [2.45, 2.75) is 19.0 Å². The second-order valence-corrected chi connectivity index (χ2v) is 17.7. The van der Waals surface area contributed by atoms with Crippen molar-refractivity contribution < 1.29 is 123 Å². The molecule has 0 spiro atoms. The standard InChI is InChI=1S/C57H110N2O26/c1-6-55(60)83-52-51-81-48-47-79-44-43-78-42-41-76-32-28-68-16-10-59-54(53-82-50-49-80-46-45-77-40-36-72-24-20-64-5)58(9-15-67-27-31-75-39-35-71-23-19-63-4)56(84-13-7-11-65-25-29-73-37-33-69-21-17-61-2)57(59)85-14-8-12-66-26-30-74-38-34-70-22-18-62-3/h6,54H,1,7-53H2,2-5H3. The minimum atomic E-state index is -0.482. The minimum Gasteiger partial charge on any atom is -0.475 e. The van der Waals surface area contributed by atoms with Gasteiger partial charge in [0.15, 0.2) is 0 Å². The highest BCUT2D eigenvalue weighted by molar-refractivity contribution is 5.81. The number of nitrogens with zero attached hydrogens (tertiary/aromatic N) is 2. The van der Waals surface area contributed by atoms with Crippen molar-refractivity contribution in [3.8, 4) is 0 Å². The van der Waals surface area contributed by atoms with Gasteiger partial charge in [-0.3, -0.25) is 0 Å². The Bertz CT molecular complexity index is 1420. The molecule has 504 valence electrons. The van der Waals surface area contributed by atoms with E-state index >= 15 is 0 Å². The highest BCUT2D eigenvalue weighted by atomic mass is 16.6. The maximum atomic E-state index is 11.1. The van der Waals surface area contributed by atoms with Crippen molar-refractivity contribution in [2.75, 3.05) is 326 Å². The fraction of sp³-hybridized carbons (Fsp3) is 0.912. The molecule has 0 aromatic rings. The van der Waals surface area contributed by atoms with Crippen LogP contribution >= 0.6 is 0 Å². The van der Waals surface area contributed by atoms with Gasteiger partial charge in [-0.1, -0.05) is 6.58 Å². The third-order valence-corrected chi connectivity index (χ3v) is 11.2. The summed E-state index contributed by atoms with van der Waals surface area (Å²) >= 11 is 0. The number of hydrogen-bond acceptors (Lipinski definition) is 28. The molecule has 0 fully saturated rings. The fourth-order valence-corrected chi connectivity index (χ4v) is 6.93. The molecule has 85 heavy (non-hydrogen) atoms. The molecule has 0 aromatic heterocycles. The van der Waals surface area contributed by atoms with Gasteiger partial charge in [-0.15, -0.1) is 0 Å². The van der Waals surface area contributed by atoms with E-state index in [9.17, 15) is 4.79 Å². The predicted octanol–water partition coefficient (Wildman–Crippen LogP) is 1.48. The topological polar surface area (TPSA) is 254 Å². The smallest absolute Gasteiger partial charge is 0.330 e. The average molecular weight is 1240 g/mol. The third kappa shape index (κ3) is 52.9. The van der Waals surface area contributed by atoms with Gasteiger partial charge in [-0.2, -0.15) is 0 Å². The summed E-state index contributed by atoms with van der Waals surface area (Å²) in [6, 6.07) is 0. The van der Waals surface area contributed by atoms with Gasteiger partial charge < -0.3 is 128 Å². The largest absolute Gasteiger partial charge is 0.475 e. The number of carbonyl (C=O) groups excluding carboxylic acids is 1. The molecule has 0 aliphatic carbocycles. The van der Waals surface area contributed by atoms with E-state index in [2.05, 4.69) is 16.4 Å². The first kappa shape index (κ1) is 80.3. The van der Waals surface area contributed by atoms with Crippen LogP contribution in [0.4, 0.5) is 0 Å². The van der Waals surface area contributed by atoms with Gasteiger partial charge in [-0.05, 0) is 0 Å². The van der Waals surface area contributed by atoms with Gasteiger partial charge in [0.2, 0.25) is 0 Å². The van der Waals surface area contributed by atoms with Crippen LogP contribution in [0.3, 0.4) is 0 Å². The fourth-order valence-electron chi connectivity index (χ4n) is 6.93. The summed E-state index contributed by atoms with van der Waals surface area (Å²) in [6.45, 7) is 22.3. The number of ether oxygens (including phenoxy) is 25. The Labute approximate surface area is 506 Å². The molecule has 0 saturated carbocycles. The minimum absolute atomic E-state index is 0.161. The van der Waals surface area contributed by atoms with Crippen molar-refractivity contribution in [1.82, 2.24) is 9.80 Å². The lowest BCUT2D eigenvalue weighted by Crippen LogP contribution is -2.47. The maximum Gasteiger partial charge on any atom is 0.330 e. The normalized spacial score (nSPS) is 13.5. The molecule has 0 aromatic carbocycles. The van der Waals surface area contributed by atoms with Crippen molar-refractivity contribution in [3.63, 3.8) is 0 Å². The Morgan fingerprint density at radius 3 is 0.788 bits per heavy atom. The summed E-state index contributed by atoms with van der Waals surface area (Å²) < 4.78 is 142. The van der Waals surface area contributed by atoms with Gasteiger partial charge in [-0.25, -0.2) is 4.79 Å². The van der Waals surface area contributed by atoms with Gasteiger partial charge in [0, 0.05) is 73.7 Å². The zero-order valence-electron chi connectivity index (χ0n) is 52.1. The van der Waals surface area contributed by atoms with Crippen LogP contribution in [0, 0.1) is 0 Å². The summed E-state index contributed by atoms with van der Waals surface area (Å²) in [7, 11) is 6.55. The number of hydrogen-bond donors (Lipinski definition) is 0. The lowest BCUT2D eigenvalue weighted by Gasteiger charge is -2.33. The van der Waals surface area contributed by atoms with E-state index in [0.717, 1.165) is 6.08 Å². The summed E-state index contributed by atoms with van der Waals surface area (Å²) in [5.41, 5.74) is 0. The maximum absolute atomic E-state index is 11.1. The van der Waals surface area contributed by atoms with Gasteiger partial charge >= 0.3 is 5.97 Å². The van der Waals surface area contributed by atoms with E-state index in [1.54, 1.807) is 28.4 Å². The Morgan fingerprint density at radius 1 is 0.306 bits per heavy atom. The highest BCUT2D eigenvalue weighted by Crippen LogP contribution is 2.32. The first-order valence-corrected chi connectivity index (χ1v) is 29.8. The van der Waals surface area contributed by atoms with Gasteiger partial charge in [0.25, 0.3) is 11.8 Å². The predicted molar refractivity (Wildman–Crippen MR) is 309 cm³/mol. The Hall–Kier alpha value is -2.73. The molecule has 1 rings (SSSR count). The third-order valence-electron chi connectivity index (χ3n) is 11.2. The van der Waals surface area contributed by atoms with Crippen LogP contribution in [0.25, 0.3) is 0 Å². The van der Waals surface area contributed by atoms with E-state index in [1.807, 2.05) is 0 Å². The van der Waals surface area contributed by atoms with Gasteiger partial charge in [0.05, 0.1) is 264 Å². The van der Waals surface area contributed by atoms with E-state index in [-0.39, 0.29) is 26.0 Å². The van der Waals surface area contributed by atoms with Crippen LogP contribution in [-0.2, 0) is 123 Å². The highest BCUT2D eigenvalue weighted by Gasteiger charge is 2.41. The Balaban J connectivity index is 3.07. The number of methoxy groups -OCH3 is 4. The second kappa shape index (κ2) is 67.2. The molecule has 1 unspecified atom stereocenters. The number of esters is 1. The first-order chi connectivity index (χ1) is 42.1. The van der Waals surface area contributed by atoms with Crippen molar-refractivity contribution in [2.24, 2.45) is 0 Å². The lowest BCUT2D eigenvalue weighted by atomic mass is 10.4. The molecule has 0 amide bonds. The molecule has 28 heteroatoms. The molecular formula is C57H110N2O26. The van der Waals surface area contributed by atoms with Crippen LogP contribution in [0.5, 0.6) is 0 Å². The summed E-state index contributed by atoms with van der Waals surface area (Å²) in [6.07, 6.45) is 1.93. The van der Waals surface area contributed by atoms with E-state index in [4.69, 9.17) is 118 Å². The summed E-state index contributed by atoms with van der Waals surface area (Å²) in [4.78, 5) is 15.3. The monoisotopic (exact) mass is 1240 g/mol. The molecule has 1 atom stereocenters. The lowest BCUT2D eigenvalue weighted by molar-refractivity contribution is -0.139. The van der Waals surface area contributed by atoms with E-state index < -0.39 is 5.97 Å². The van der Waals surface area contributed by atoms with Crippen LogP contribution in [0.15, 0.2) is 24.4 Å². The Morgan fingerprint density at radius 2 is 0.529 bits per heavy atom. The molecule has 1 aliphatic rings. The molecular weight excluding hydrogens is 1130 g/mol. The van der Waals surface area contributed by atoms with Crippen molar-refractivity contribution in [3.05, 3.63) is 24.4 Å².